The lowest BCUT2D eigenvalue weighted by molar-refractivity contribution is -0.173. The van der Waals surface area contributed by atoms with Crippen LogP contribution in [0.4, 0.5) is 0 Å². The SMILES string of the molecule is COc1ccc2c(c1)[C@H]1OCC3(CCN(C(=O)c4cccnn4)CC3)C[C@@H]1C(C)(C)O2. The number of hydrogen-bond donors (Lipinski definition) is 0. The molecule has 164 valence electrons. The number of hydrogen-bond acceptors (Lipinski definition) is 6. The quantitative estimate of drug-likeness (QED) is 0.734. The first-order valence-corrected chi connectivity index (χ1v) is 11.0. The second kappa shape index (κ2) is 7.48. The van der Waals surface area contributed by atoms with E-state index < -0.39 is 0 Å². The van der Waals surface area contributed by atoms with Gasteiger partial charge in [0, 0.05) is 30.8 Å². The minimum Gasteiger partial charge on any atom is -0.497 e. The van der Waals surface area contributed by atoms with Crippen LogP contribution in [0.15, 0.2) is 36.5 Å². The second-order valence-electron chi connectivity index (χ2n) is 9.55. The minimum atomic E-state index is -0.327. The molecule has 7 nitrogen and oxygen atoms in total. The van der Waals surface area contributed by atoms with Crippen molar-refractivity contribution >= 4 is 5.91 Å². The summed E-state index contributed by atoms with van der Waals surface area (Å²) in [6, 6.07) is 9.43. The molecule has 5 rings (SSSR count). The van der Waals surface area contributed by atoms with Crippen molar-refractivity contribution in [3.63, 3.8) is 0 Å². The highest BCUT2D eigenvalue weighted by molar-refractivity contribution is 5.92. The molecule has 2 saturated heterocycles. The number of amides is 1. The van der Waals surface area contributed by atoms with E-state index in [0.29, 0.717) is 25.4 Å². The number of likely N-dealkylation sites (tertiary alicyclic amines) is 1. The molecule has 1 aromatic carbocycles. The molecule has 31 heavy (non-hydrogen) atoms. The molecular weight excluding hydrogens is 394 g/mol. The van der Waals surface area contributed by atoms with Crippen LogP contribution in [0.3, 0.4) is 0 Å². The molecule has 1 spiro atoms. The molecular formula is C24H29N3O4. The lowest BCUT2D eigenvalue weighted by Gasteiger charge is -2.54. The average Bonchev–Trinajstić information content (AvgIpc) is 2.79. The van der Waals surface area contributed by atoms with Gasteiger partial charge >= 0.3 is 0 Å². The zero-order valence-electron chi connectivity index (χ0n) is 18.3. The topological polar surface area (TPSA) is 73.8 Å². The summed E-state index contributed by atoms with van der Waals surface area (Å²) in [5.74, 6) is 1.90. The standard InChI is InChI=1S/C24H29N3O4/c1-23(2)18-14-24(8-11-27(12-9-24)22(28)19-5-4-10-25-26-19)15-30-21(18)17-13-16(29-3)6-7-20(17)31-23/h4-7,10,13,18,21H,8-9,11-12,14-15H2,1-3H3/t18-,21+/m0/s1. The number of methoxy groups -OCH3 is 1. The van der Waals surface area contributed by atoms with Gasteiger partial charge in [-0.1, -0.05) is 0 Å². The van der Waals surface area contributed by atoms with Gasteiger partial charge in [-0.05, 0) is 68.9 Å². The van der Waals surface area contributed by atoms with Crippen LogP contribution in [0.5, 0.6) is 11.5 Å². The Morgan fingerprint density at radius 1 is 1.23 bits per heavy atom. The molecule has 3 aliphatic rings. The largest absolute Gasteiger partial charge is 0.497 e. The molecule has 2 fully saturated rings. The van der Waals surface area contributed by atoms with Crippen LogP contribution in [0.25, 0.3) is 0 Å². The molecule has 0 radical (unpaired) electrons. The molecule has 0 aliphatic carbocycles. The molecule has 0 bridgehead atoms. The minimum absolute atomic E-state index is 0.00118. The molecule has 1 aromatic heterocycles. The molecule has 3 aliphatic heterocycles. The summed E-state index contributed by atoms with van der Waals surface area (Å²) in [7, 11) is 1.68. The monoisotopic (exact) mass is 423 g/mol. The van der Waals surface area contributed by atoms with Crippen molar-refractivity contribution in [1.82, 2.24) is 15.1 Å². The number of nitrogens with zero attached hydrogens (tertiary/aromatic N) is 3. The molecule has 2 aromatic rings. The number of carbonyl (C=O) groups excluding carboxylic acids is 1. The maximum atomic E-state index is 12.8. The Bertz CT molecular complexity index is 970. The third-order valence-electron chi connectivity index (χ3n) is 7.28. The predicted molar refractivity (Wildman–Crippen MR) is 114 cm³/mol. The zero-order valence-corrected chi connectivity index (χ0v) is 18.3. The Morgan fingerprint density at radius 2 is 2.03 bits per heavy atom. The van der Waals surface area contributed by atoms with E-state index in [9.17, 15) is 4.79 Å². The molecule has 0 unspecified atom stereocenters. The summed E-state index contributed by atoms with van der Waals surface area (Å²) in [4.78, 5) is 14.7. The molecule has 7 heteroatoms. The van der Waals surface area contributed by atoms with Gasteiger partial charge in [-0.15, -0.1) is 5.10 Å². The predicted octanol–water partition coefficient (Wildman–Crippen LogP) is 3.66. The average molecular weight is 424 g/mol. The van der Waals surface area contributed by atoms with Gasteiger partial charge in [0.2, 0.25) is 0 Å². The Labute approximate surface area is 182 Å². The van der Waals surface area contributed by atoms with Crippen LogP contribution in [-0.2, 0) is 4.74 Å². The van der Waals surface area contributed by atoms with E-state index >= 15 is 0 Å². The van der Waals surface area contributed by atoms with Crippen LogP contribution in [0.1, 0.15) is 55.3 Å². The van der Waals surface area contributed by atoms with Crippen molar-refractivity contribution < 1.29 is 19.0 Å². The van der Waals surface area contributed by atoms with Crippen LogP contribution >= 0.6 is 0 Å². The van der Waals surface area contributed by atoms with E-state index in [1.165, 1.54) is 0 Å². The van der Waals surface area contributed by atoms with Crippen molar-refractivity contribution in [3.05, 3.63) is 47.8 Å². The normalized spacial score (nSPS) is 25.8. The zero-order chi connectivity index (χ0) is 21.6. The van der Waals surface area contributed by atoms with Crippen molar-refractivity contribution in [2.24, 2.45) is 11.3 Å². The Kier molecular flexibility index (Phi) is 4.88. The van der Waals surface area contributed by atoms with E-state index in [1.807, 2.05) is 23.1 Å². The van der Waals surface area contributed by atoms with Crippen molar-refractivity contribution in [2.75, 3.05) is 26.8 Å². The molecule has 0 N–H and O–H groups in total. The van der Waals surface area contributed by atoms with Crippen molar-refractivity contribution in [2.45, 2.75) is 44.8 Å². The Morgan fingerprint density at radius 3 is 2.74 bits per heavy atom. The van der Waals surface area contributed by atoms with Crippen LogP contribution in [-0.4, -0.2) is 53.4 Å². The first-order chi connectivity index (χ1) is 14.9. The Hall–Kier alpha value is -2.67. The van der Waals surface area contributed by atoms with Gasteiger partial charge in [0.15, 0.2) is 5.69 Å². The van der Waals surface area contributed by atoms with Gasteiger partial charge in [0.05, 0.1) is 19.8 Å². The van der Waals surface area contributed by atoms with Crippen LogP contribution < -0.4 is 9.47 Å². The lowest BCUT2D eigenvalue weighted by atomic mass is 9.64. The summed E-state index contributed by atoms with van der Waals surface area (Å²) in [5.41, 5.74) is 1.23. The number of ether oxygens (including phenoxy) is 3. The molecule has 2 atom stereocenters. The van der Waals surface area contributed by atoms with Crippen LogP contribution in [0, 0.1) is 11.3 Å². The van der Waals surface area contributed by atoms with Gasteiger partial charge in [-0.2, -0.15) is 5.10 Å². The van der Waals surface area contributed by atoms with Gasteiger partial charge in [0.25, 0.3) is 5.91 Å². The van der Waals surface area contributed by atoms with E-state index in [1.54, 1.807) is 25.4 Å². The highest BCUT2D eigenvalue weighted by Gasteiger charge is 2.53. The van der Waals surface area contributed by atoms with E-state index in [-0.39, 0.29) is 28.9 Å². The van der Waals surface area contributed by atoms with Crippen molar-refractivity contribution in [1.29, 1.82) is 0 Å². The van der Waals surface area contributed by atoms with Crippen LogP contribution in [0.2, 0.25) is 0 Å². The highest BCUT2D eigenvalue weighted by atomic mass is 16.5. The van der Waals surface area contributed by atoms with Gasteiger partial charge < -0.3 is 19.1 Å². The molecule has 1 amide bonds. The first kappa shape index (κ1) is 20.2. The number of piperidine rings is 1. The Balaban J connectivity index is 1.33. The first-order valence-electron chi connectivity index (χ1n) is 11.0. The third-order valence-corrected chi connectivity index (χ3v) is 7.28. The summed E-state index contributed by atoms with van der Waals surface area (Å²) >= 11 is 0. The molecule has 4 heterocycles. The number of benzene rings is 1. The third kappa shape index (κ3) is 3.55. The number of aromatic nitrogens is 2. The summed E-state index contributed by atoms with van der Waals surface area (Å²) in [5, 5.41) is 7.81. The fraction of sp³-hybridized carbons (Fsp3) is 0.542. The van der Waals surface area contributed by atoms with Gasteiger partial charge in [0.1, 0.15) is 17.1 Å². The summed E-state index contributed by atoms with van der Waals surface area (Å²) in [6.45, 7) is 6.44. The van der Waals surface area contributed by atoms with E-state index in [4.69, 9.17) is 14.2 Å². The summed E-state index contributed by atoms with van der Waals surface area (Å²) < 4.78 is 18.4. The maximum Gasteiger partial charge on any atom is 0.274 e. The fourth-order valence-corrected chi connectivity index (χ4v) is 5.37. The highest BCUT2D eigenvalue weighted by Crippen LogP contribution is 2.55. The number of carbonyl (C=O) groups is 1. The summed E-state index contributed by atoms with van der Waals surface area (Å²) in [6.07, 6.45) is 4.44. The number of fused-ring (bicyclic) bond motifs is 3. The maximum absolute atomic E-state index is 12.8. The second-order valence-corrected chi connectivity index (χ2v) is 9.55. The smallest absolute Gasteiger partial charge is 0.274 e. The van der Waals surface area contributed by atoms with Gasteiger partial charge in [-0.3, -0.25) is 4.79 Å². The van der Waals surface area contributed by atoms with Gasteiger partial charge in [-0.25, -0.2) is 0 Å². The lowest BCUT2D eigenvalue weighted by Crippen LogP contribution is -2.54. The van der Waals surface area contributed by atoms with Crippen molar-refractivity contribution in [3.8, 4) is 11.5 Å². The molecule has 0 saturated carbocycles. The van der Waals surface area contributed by atoms with E-state index in [0.717, 1.165) is 36.3 Å². The fourth-order valence-electron chi connectivity index (χ4n) is 5.37. The van der Waals surface area contributed by atoms with E-state index in [2.05, 4.69) is 24.0 Å². The number of rotatable bonds is 2.